The average Bonchev–Trinajstić information content (AvgIpc) is 2.44. The van der Waals surface area contributed by atoms with E-state index in [9.17, 15) is 9.50 Å². The molecule has 0 bridgehead atoms. The van der Waals surface area contributed by atoms with Gasteiger partial charge in [-0.15, -0.1) is 0 Å². The summed E-state index contributed by atoms with van der Waals surface area (Å²) in [5.74, 6) is -0.214. The molecule has 4 heteroatoms. The van der Waals surface area contributed by atoms with Gasteiger partial charge in [0.05, 0.1) is 6.61 Å². The molecule has 1 heterocycles. The van der Waals surface area contributed by atoms with E-state index < -0.39 is 0 Å². The summed E-state index contributed by atoms with van der Waals surface area (Å²) in [6, 6.07) is 6.78. The van der Waals surface area contributed by atoms with Crippen molar-refractivity contribution in [2.75, 3.05) is 38.2 Å². The van der Waals surface area contributed by atoms with Crippen molar-refractivity contribution in [1.82, 2.24) is 4.90 Å². The van der Waals surface area contributed by atoms with E-state index in [1.807, 2.05) is 13.1 Å². The van der Waals surface area contributed by atoms with Gasteiger partial charge in [-0.2, -0.15) is 0 Å². The number of aliphatic hydroxyl groups is 1. The Hall–Kier alpha value is -1.13. The van der Waals surface area contributed by atoms with Gasteiger partial charge < -0.3 is 10.0 Å². The summed E-state index contributed by atoms with van der Waals surface area (Å²) in [6.07, 6.45) is 0. The number of nitrogens with zero attached hydrogens (tertiary/aromatic N) is 2. The van der Waals surface area contributed by atoms with Gasteiger partial charge in [0.15, 0.2) is 0 Å². The van der Waals surface area contributed by atoms with Crippen molar-refractivity contribution in [1.29, 1.82) is 0 Å². The molecule has 19 heavy (non-hydrogen) atoms. The summed E-state index contributed by atoms with van der Waals surface area (Å²) >= 11 is 0. The zero-order valence-electron chi connectivity index (χ0n) is 11.9. The van der Waals surface area contributed by atoms with Crippen LogP contribution in [0.1, 0.15) is 13.8 Å². The number of aliphatic hydroxyl groups excluding tert-OH is 1. The molecule has 1 saturated heterocycles. The molecule has 106 valence electrons. The minimum absolute atomic E-state index is 0.0880. The van der Waals surface area contributed by atoms with Crippen LogP contribution in [0.4, 0.5) is 10.1 Å². The van der Waals surface area contributed by atoms with Gasteiger partial charge in [-0.1, -0.05) is 19.9 Å². The first-order valence-electron chi connectivity index (χ1n) is 6.73. The molecule has 0 spiro atoms. The van der Waals surface area contributed by atoms with Gasteiger partial charge in [-0.05, 0) is 30.7 Å². The molecule has 0 aromatic heterocycles. The standard InChI is InChI=1S/C15H23FN2O/c1-15(2)10-17(3)14(9-19)8-18(11-15)13-6-4-5-12(16)7-13/h4-7,14,19H,8-11H2,1-3H3. The lowest BCUT2D eigenvalue weighted by Gasteiger charge is -2.31. The van der Waals surface area contributed by atoms with Gasteiger partial charge in [-0.25, -0.2) is 4.39 Å². The zero-order valence-corrected chi connectivity index (χ0v) is 11.9. The molecule has 1 aliphatic rings. The van der Waals surface area contributed by atoms with E-state index in [1.165, 1.54) is 6.07 Å². The van der Waals surface area contributed by atoms with Crippen LogP contribution in [-0.2, 0) is 0 Å². The molecule has 0 radical (unpaired) electrons. The molecular formula is C15H23FN2O. The van der Waals surface area contributed by atoms with Crippen LogP contribution in [0.25, 0.3) is 0 Å². The van der Waals surface area contributed by atoms with E-state index in [1.54, 1.807) is 12.1 Å². The fourth-order valence-corrected chi connectivity index (χ4v) is 2.90. The SMILES string of the molecule is CN1CC(C)(C)CN(c2cccc(F)c2)CC1CO. The van der Waals surface area contributed by atoms with Crippen molar-refractivity contribution < 1.29 is 9.50 Å². The van der Waals surface area contributed by atoms with Crippen molar-refractivity contribution in [3.8, 4) is 0 Å². The minimum Gasteiger partial charge on any atom is -0.395 e. The molecule has 1 aliphatic heterocycles. The van der Waals surface area contributed by atoms with E-state index in [2.05, 4.69) is 23.6 Å². The summed E-state index contributed by atoms with van der Waals surface area (Å²) in [6.45, 7) is 7.03. The van der Waals surface area contributed by atoms with Crippen LogP contribution in [0.5, 0.6) is 0 Å². The number of hydrogen-bond acceptors (Lipinski definition) is 3. The third kappa shape index (κ3) is 3.45. The Bertz CT molecular complexity index is 436. The highest BCUT2D eigenvalue weighted by Gasteiger charge is 2.32. The fraction of sp³-hybridized carbons (Fsp3) is 0.600. The quantitative estimate of drug-likeness (QED) is 0.886. The highest BCUT2D eigenvalue weighted by atomic mass is 19.1. The summed E-state index contributed by atoms with van der Waals surface area (Å²) < 4.78 is 13.4. The topological polar surface area (TPSA) is 26.7 Å². The number of hydrogen-bond donors (Lipinski definition) is 1. The lowest BCUT2D eigenvalue weighted by atomic mass is 9.92. The van der Waals surface area contributed by atoms with Gasteiger partial charge in [0.2, 0.25) is 0 Å². The van der Waals surface area contributed by atoms with Crippen LogP contribution in [0.3, 0.4) is 0 Å². The molecule has 1 aromatic carbocycles. The van der Waals surface area contributed by atoms with Crippen molar-refractivity contribution in [2.45, 2.75) is 19.9 Å². The Morgan fingerprint density at radius 1 is 1.37 bits per heavy atom. The van der Waals surface area contributed by atoms with Crippen molar-refractivity contribution in [3.05, 3.63) is 30.1 Å². The Balaban J connectivity index is 2.28. The highest BCUT2D eigenvalue weighted by Crippen LogP contribution is 2.27. The first-order valence-corrected chi connectivity index (χ1v) is 6.73. The second kappa shape index (κ2) is 5.47. The van der Waals surface area contributed by atoms with Crippen LogP contribution in [0.15, 0.2) is 24.3 Å². The van der Waals surface area contributed by atoms with Crippen LogP contribution < -0.4 is 4.90 Å². The largest absolute Gasteiger partial charge is 0.395 e. The van der Waals surface area contributed by atoms with Crippen molar-refractivity contribution >= 4 is 5.69 Å². The Morgan fingerprint density at radius 2 is 2.11 bits per heavy atom. The molecule has 1 atom stereocenters. The fourth-order valence-electron chi connectivity index (χ4n) is 2.90. The maximum atomic E-state index is 13.4. The Kier molecular flexibility index (Phi) is 4.11. The Morgan fingerprint density at radius 3 is 2.74 bits per heavy atom. The molecule has 0 aliphatic carbocycles. The predicted octanol–water partition coefficient (Wildman–Crippen LogP) is 1.96. The highest BCUT2D eigenvalue weighted by molar-refractivity contribution is 5.47. The zero-order chi connectivity index (χ0) is 14.0. The molecule has 1 unspecified atom stereocenters. The lowest BCUT2D eigenvalue weighted by molar-refractivity contribution is 0.133. The van der Waals surface area contributed by atoms with E-state index in [0.717, 1.165) is 25.3 Å². The van der Waals surface area contributed by atoms with E-state index in [4.69, 9.17) is 0 Å². The molecule has 1 aromatic rings. The molecule has 2 rings (SSSR count). The molecular weight excluding hydrogens is 243 g/mol. The summed E-state index contributed by atoms with van der Waals surface area (Å²) in [5.41, 5.74) is 0.993. The van der Waals surface area contributed by atoms with E-state index in [0.29, 0.717) is 0 Å². The number of anilines is 1. The number of rotatable bonds is 2. The van der Waals surface area contributed by atoms with Crippen molar-refractivity contribution in [2.24, 2.45) is 5.41 Å². The Labute approximate surface area is 114 Å². The van der Waals surface area contributed by atoms with Gasteiger partial charge >= 0.3 is 0 Å². The van der Waals surface area contributed by atoms with E-state index in [-0.39, 0.29) is 23.9 Å². The summed E-state index contributed by atoms with van der Waals surface area (Å²) in [7, 11) is 2.04. The molecule has 1 fully saturated rings. The smallest absolute Gasteiger partial charge is 0.125 e. The normalized spacial score (nSPS) is 24.3. The molecule has 0 saturated carbocycles. The lowest BCUT2D eigenvalue weighted by Crippen LogP contribution is -2.41. The number of likely N-dealkylation sites (N-methyl/N-ethyl adjacent to an activating group) is 1. The molecule has 1 N–H and O–H groups in total. The minimum atomic E-state index is -0.214. The maximum absolute atomic E-state index is 13.4. The number of benzene rings is 1. The van der Waals surface area contributed by atoms with Crippen LogP contribution >= 0.6 is 0 Å². The van der Waals surface area contributed by atoms with Crippen LogP contribution in [0.2, 0.25) is 0 Å². The predicted molar refractivity (Wildman–Crippen MR) is 75.9 cm³/mol. The third-order valence-corrected chi connectivity index (χ3v) is 3.73. The molecule has 0 amide bonds. The number of halogens is 1. The average molecular weight is 266 g/mol. The van der Waals surface area contributed by atoms with Crippen molar-refractivity contribution in [3.63, 3.8) is 0 Å². The monoisotopic (exact) mass is 266 g/mol. The second-order valence-electron chi connectivity index (χ2n) is 6.28. The first-order chi connectivity index (χ1) is 8.91. The van der Waals surface area contributed by atoms with Gasteiger partial charge in [0, 0.05) is 31.4 Å². The first kappa shape index (κ1) is 14.3. The van der Waals surface area contributed by atoms with Gasteiger partial charge in [-0.3, -0.25) is 4.90 Å². The second-order valence-corrected chi connectivity index (χ2v) is 6.28. The van der Waals surface area contributed by atoms with Gasteiger partial charge in [0.25, 0.3) is 0 Å². The van der Waals surface area contributed by atoms with Crippen LogP contribution in [0, 0.1) is 11.2 Å². The summed E-state index contributed by atoms with van der Waals surface area (Å²) in [4.78, 5) is 4.37. The molecule has 3 nitrogen and oxygen atoms in total. The van der Waals surface area contributed by atoms with Gasteiger partial charge in [0.1, 0.15) is 5.82 Å². The van der Waals surface area contributed by atoms with Crippen LogP contribution in [-0.4, -0.2) is 49.3 Å². The van der Waals surface area contributed by atoms with E-state index >= 15 is 0 Å². The summed E-state index contributed by atoms with van der Waals surface area (Å²) in [5, 5.41) is 9.53. The third-order valence-electron chi connectivity index (χ3n) is 3.73. The maximum Gasteiger partial charge on any atom is 0.125 e.